The molecule has 23 heavy (non-hydrogen) atoms. The summed E-state index contributed by atoms with van der Waals surface area (Å²) in [4.78, 5) is 3.64. The summed E-state index contributed by atoms with van der Waals surface area (Å²) in [5.74, 6) is 0.839. The minimum atomic E-state index is -4.26. The molecule has 1 N–H and O–H groups in total. The van der Waals surface area contributed by atoms with E-state index in [-0.39, 0.29) is 10.8 Å². The van der Waals surface area contributed by atoms with Crippen LogP contribution in [0.1, 0.15) is 0 Å². The zero-order valence-electron chi connectivity index (χ0n) is 12.0. The lowest BCUT2D eigenvalue weighted by molar-refractivity contribution is 0.461. The second-order valence-corrected chi connectivity index (χ2v) is 6.19. The Kier molecular flexibility index (Phi) is 4.10. The largest absolute Gasteiger partial charge is 0.438 e. The van der Waals surface area contributed by atoms with Crippen molar-refractivity contribution in [2.75, 3.05) is 0 Å². The van der Waals surface area contributed by atoms with Gasteiger partial charge >= 0.3 is 0 Å². The van der Waals surface area contributed by atoms with Crippen LogP contribution in [0.3, 0.4) is 0 Å². The molecule has 0 atom stereocenters. The highest BCUT2D eigenvalue weighted by Crippen LogP contribution is 2.32. The maximum Gasteiger partial charge on any atom is 0.296 e. The van der Waals surface area contributed by atoms with Crippen molar-refractivity contribution in [2.45, 2.75) is 4.90 Å². The molecule has 3 rings (SSSR count). The third-order valence-electron chi connectivity index (χ3n) is 3.19. The molecule has 0 bridgehead atoms. The number of rotatable bonds is 4. The van der Waals surface area contributed by atoms with E-state index in [1.165, 1.54) is 12.1 Å². The molecule has 0 saturated carbocycles. The Balaban J connectivity index is 1.92. The normalized spacial score (nSPS) is 11.2. The van der Waals surface area contributed by atoms with Crippen LogP contribution < -0.4 is 4.74 Å². The fourth-order valence-electron chi connectivity index (χ4n) is 2.10. The van der Waals surface area contributed by atoms with Gasteiger partial charge in [-0.2, -0.15) is 8.42 Å². The fourth-order valence-corrected chi connectivity index (χ4v) is 2.53. The van der Waals surface area contributed by atoms with Crippen LogP contribution in [-0.4, -0.2) is 18.0 Å². The van der Waals surface area contributed by atoms with E-state index in [1.54, 1.807) is 6.07 Å². The van der Waals surface area contributed by atoms with E-state index in [0.717, 1.165) is 17.3 Å². The standard InChI is InChI=1S/C17H13NO4S/c19-23(20,21)14-10-11-17(18-12-14)22-16-9-5-4-8-15(16)13-6-2-1-3-7-13/h1-12H,(H,19,20,21). The molecule has 1 aromatic heterocycles. The molecular formula is C17H13NO4S. The lowest BCUT2D eigenvalue weighted by atomic mass is 10.1. The second kappa shape index (κ2) is 6.20. The third kappa shape index (κ3) is 3.56. The quantitative estimate of drug-likeness (QED) is 0.738. The molecule has 0 aliphatic heterocycles. The summed E-state index contributed by atoms with van der Waals surface area (Å²) in [6.45, 7) is 0. The van der Waals surface area contributed by atoms with Gasteiger partial charge in [0.2, 0.25) is 5.88 Å². The van der Waals surface area contributed by atoms with Crippen molar-refractivity contribution < 1.29 is 17.7 Å². The van der Waals surface area contributed by atoms with Gasteiger partial charge in [0.05, 0.1) is 6.20 Å². The van der Waals surface area contributed by atoms with Crippen LogP contribution in [0.25, 0.3) is 11.1 Å². The Morgan fingerprint density at radius 3 is 2.22 bits per heavy atom. The van der Waals surface area contributed by atoms with Gasteiger partial charge in [0.25, 0.3) is 10.1 Å². The maximum absolute atomic E-state index is 11.0. The number of hydrogen-bond acceptors (Lipinski definition) is 4. The Labute approximate surface area is 134 Å². The molecular weight excluding hydrogens is 314 g/mol. The van der Waals surface area contributed by atoms with Crippen molar-refractivity contribution in [1.82, 2.24) is 4.98 Å². The number of benzene rings is 2. The molecule has 0 aliphatic rings. The molecule has 2 aromatic carbocycles. The summed E-state index contributed by atoms with van der Waals surface area (Å²) in [7, 11) is -4.26. The smallest absolute Gasteiger partial charge is 0.296 e. The van der Waals surface area contributed by atoms with Crippen molar-refractivity contribution in [3.8, 4) is 22.8 Å². The van der Waals surface area contributed by atoms with E-state index >= 15 is 0 Å². The Morgan fingerprint density at radius 2 is 1.57 bits per heavy atom. The van der Waals surface area contributed by atoms with E-state index < -0.39 is 10.1 Å². The molecule has 0 saturated heterocycles. The summed E-state index contributed by atoms with van der Waals surface area (Å²) in [5.41, 5.74) is 1.89. The maximum atomic E-state index is 11.0. The van der Waals surface area contributed by atoms with E-state index in [2.05, 4.69) is 4.98 Å². The summed E-state index contributed by atoms with van der Waals surface area (Å²) in [6, 6.07) is 19.9. The minimum absolute atomic E-state index is 0.237. The fraction of sp³-hybridized carbons (Fsp3) is 0. The van der Waals surface area contributed by atoms with Crippen LogP contribution >= 0.6 is 0 Å². The predicted molar refractivity (Wildman–Crippen MR) is 86.0 cm³/mol. The molecule has 0 spiro atoms. The molecule has 1 heterocycles. The van der Waals surface area contributed by atoms with Crippen LogP contribution in [0.4, 0.5) is 0 Å². The van der Waals surface area contributed by atoms with Gasteiger partial charge in [-0.1, -0.05) is 48.5 Å². The van der Waals surface area contributed by atoms with Gasteiger partial charge in [0.15, 0.2) is 0 Å². The van der Waals surface area contributed by atoms with Crippen LogP contribution in [0.5, 0.6) is 11.6 Å². The van der Waals surface area contributed by atoms with Crippen LogP contribution in [0.2, 0.25) is 0 Å². The lowest BCUT2D eigenvalue weighted by Gasteiger charge is -2.10. The van der Waals surface area contributed by atoms with Crippen molar-refractivity contribution in [1.29, 1.82) is 0 Å². The highest BCUT2D eigenvalue weighted by atomic mass is 32.2. The number of pyridine rings is 1. The summed E-state index contributed by atoms with van der Waals surface area (Å²) in [6.07, 6.45) is 1.05. The molecule has 116 valence electrons. The highest BCUT2D eigenvalue weighted by molar-refractivity contribution is 7.85. The average molecular weight is 327 g/mol. The van der Waals surface area contributed by atoms with Gasteiger partial charge < -0.3 is 4.74 Å². The van der Waals surface area contributed by atoms with Crippen molar-refractivity contribution >= 4 is 10.1 Å². The summed E-state index contributed by atoms with van der Waals surface area (Å²) in [5, 5.41) is 0. The lowest BCUT2D eigenvalue weighted by Crippen LogP contribution is -1.99. The number of nitrogens with zero attached hydrogens (tertiary/aromatic N) is 1. The van der Waals surface area contributed by atoms with Crippen molar-refractivity contribution in [3.05, 3.63) is 72.9 Å². The number of ether oxygens (including phenoxy) is 1. The second-order valence-electron chi connectivity index (χ2n) is 4.77. The number of aromatic nitrogens is 1. The third-order valence-corrected chi connectivity index (χ3v) is 4.03. The van der Waals surface area contributed by atoms with Gasteiger partial charge in [0.1, 0.15) is 10.6 Å². The minimum Gasteiger partial charge on any atom is -0.438 e. The first-order valence-corrected chi connectivity index (χ1v) is 8.24. The van der Waals surface area contributed by atoms with Gasteiger partial charge in [-0.25, -0.2) is 4.98 Å². The SMILES string of the molecule is O=S(=O)(O)c1ccc(Oc2ccccc2-c2ccccc2)nc1. The van der Waals surface area contributed by atoms with E-state index in [1.807, 2.05) is 48.5 Å². The molecule has 0 fully saturated rings. The van der Waals surface area contributed by atoms with Crippen molar-refractivity contribution in [2.24, 2.45) is 0 Å². The molecule has 3 aromatic rings. The Morgan fingerprint density at radius 1 is 0.870 bits per heavy atom. The predicted octanol–water partition coefficient (Wildman–Crippen LogP) is 3.79. The van der Waals surface area contributed by atoms with Crippen LogP contribution in [0, 0.1) is 0 Å². The molecule has 5 nitrogen and oxygen atoms in total. The Hall–Kier alpha value is -2.70. The van der Waals surface area contributed by atoms with Gasteiger partial charge in [-0.05, 0) is 17.7 Å². The van der Waals surface area contributed by atoms with Crippen LogP contribution in [-0.2, 0) is 10.1 Å². The van der Waals surface area contributed by atoms with Crippen LogP contribution in [0.15, 0.2) is 77.8 Å². The number of hydrogen-bond donors (Lipinski definition) is 1. The van der Waals surface area contributed by atoms with Gasteiger partial charge in [0, 0.05) is 11.6 Å². The van der Waals surface area contributed by atoms with Gasteiger partial charge in [-0.15, -0.1) is 0 Å². The first kappa shape index (κ1) is 15.2. The van der Waals surface area contributed by atoms with E-state index in [4.69, 9.17) is 9.29 Å². The number of para-hydroxylation sites is 1. The van der Waals surface area contributed by atoms with E-state index in [0.29, 0.717) is 5.75 Å². The topological polar surface area (TPSA) is 76.5 Å². The molecule has 0 radical (unpaired) electrons. The Bertz CT molecular complexity index is 907. The molecule has 0 amide bonds. The highest BCUT2D eigenvalue weighted by Gasteiger charge is 2.11. The van der Waals surface area contributed by atoms with Gasteiger partial charge in [-0.3, -0.25) is 4.55 Å². The first-order valence-electron chi connectivity index (χ1n) is 6.80. The summed E-state index contributed by atoms with van der Waals surface area (Å²) < 4.78 is 36.7. The first-order chi connectivity index (χ1) is 11.0. The molecule has 0 aliphatic carbocycles. The zero-order valence-corrected chi connectivity index (χ0v) is 12.8. The van der Waals surface area contributed by atoms with Crippen molar-refractivity contribution in [3.63, 3.8) is 0 Å². The summed E-state index contributed by atoms with van der Waals surface area (Å²) >= 11 is 0. The average Bonchev–Trinajstić information content (AvgIpc) is 2.56. The van der Waals surface area contributed by atoms with E-state index in [9.17, 15) is 8.42 Å². The monoisotopic (exact) mass is 327 g/mol. The zero-order chi connectivity index (χ0) is 16.3. The molecule has 6 heteroatoms. The molecule has 0 unspecified atom stereocenters.